The van der Waals surface area contributed by atoms with Crippen molar-refractivity contribution in [2.24, 2.45) is 11.8 Å². The van der Waals surface area contributed by atoms with Crippen molar-refractivity contribution in [1.82, 2.24) is 9.80 Å². The van der Waals surface area contributed by atoms with Gasteiger partial charge in [0.05, 0.1) is 6.61 Å². The fourth-order valence-electron chi connectivity index (χ4n) is 4.79. The molecule has 36 heavy (non-hydrogen) atoms. The molecule has 2 aliphatic heterocycles. The number of hydrogen-bond donors (Lipinski definition) is 0. The molecular formula is C29H34ClFN2O2S. The highest BCUT2D eigenvalue weighted by Gasteiger charge is 2.29. The number of carbonyl (C=O) groups is 1. The van der Waals surface area contributed by atoms with Crippen LogP contribution in [0.2, 0.25) is 5.02 Å². The Balaban J connectivity index is 0.000000543. The molecule has 1 amide bonds. The lowest BCUT2D eigenvalue weighted by molar-refractivity contribution is 0.0543. The Morgan fingerprint density at radius 2 is 1.61 bits per heavy atom. The Morgan fingerprint density at radius 1 is 0.944 bits per heavy atom. The highest BCUT2D eigenvalue weighted by molar-refractivity contribution is 7.07. The molecule has 3 heterocycles. The number of thiophene rings is 1. The van der Waals surface area contributed by atoms with Crippen LogP contribution in [0.25, 0.3) is 0 Å². The van der Waals surface area contributed by atoms with Gasteiger partial charge in [0.15, 0.2) is 0 Å². The Hall–Kier alpha value is -2.25. The Labute approximate surface area is 222 Å². The van der Waals surface area contributed by atoms with E-state index in [-0.39, 0.29) is 11.7 Å². The maximum absolute atomic E-state index is 13.0. The SMILES string of the molecule is O=C(c1ccc(Cl)cc1)N1CC[C@H](CN2CCC(COCc3ccc(F)cc3)CC2)C1.c1ccsc1. The minimum Gasteiger partial charge on any atom is -0.376 e. The van der Waals surface area contributed by atoms with Crippen molar-refractivity contribution >= 4 is 28.8 Å². The first-order valence-corrected chi connectivity index (χ1v) is 14.0. The number of nitrogens with zero attached hydrogens (tertiary/aromatic N) is 2. The standard InChI is InChI=1S/C25H30ClFN2O2.C4H4S/c26-23-5-3-22(4-6-23)25(30)29-14-11-21(16-29)15-28-12-9-20(10-13-28)18-31-17-19-1-7-24(27)8-2-19;1-2-4-5-3-1/h1-8,20-21H,9-18H2;1-4H/t21-;/m1./s1. The van der Waals surface area contributed by atoms with E-state index in [4.69, 9.17) is 16.3 Å². The topological polar surface area (TPSA) is 32.8 Å². The minimum absolute atomic E-state index is 0.108. The quantitative estimate of drug-likeness (QED) is 0.345. The Morgan fingerprint density at radius 3 is 2.25 bits per heavy atom. The van der Waals surface area contributed by atoms with Crippen molar-refractivity contribution in [3.05, 3.63) is 93.4 Å². The lowest BCUT2D eigenvalue weighted by atomic mass is 9.96. The van der Waals surface area contributed by atoms with Crippen LogP contribution in [0.15, 0.2) is 71.4 Å². The summed E-state index contributed by atoms with van der Waals surface area (Å²) in [6.07, 6.45) is 3.35. The number of halogens is 2. The van der Waals surface area contributed by atoms with E-state index in [0.29, 0.717) is 29.0 Å². The third-order valence-corrected chi connectivity index (χ3v) is 7.73. The molecule has 1 atom stereocenters. The molecule has 0 N–H and O–H groups in total. The van der Waals surface area contributed by atoms with E-state index in [1.54, 1.807) is 47.7 Å². The number of hydrogen-bond acceptors (Lipinski definition) is 4. The number of rotatable bonds is 7. The third kappa shape index (κ3) is 8.41. The van der Waals surface area contributed by atoms with Crippen LogP contribution in [-0.2, 0) is 11.3 Å². The molecule has 5 rings (SSSR count). The van der Waals surface area contributed by atoms with Crippen LogP contribution < -0.4 is 0 Å². The van der Waals surface area contributed by atoms with Crippen LogP contribution in [-0.4, -0.2) is 55.0 Å². The zero-order chi connectivity index (χ0) is 25.2. The van der Waals surface area contributed by atoms with Crippen LogP contribution in [0.3, 0.4) is 0 Å². The van der Waals surface area contributed by atoms with Crippen molar-refractivity contribution in [2.45, 2.75) is 25.9 Å². The average molecular weight is 529 g/mol. The highest BCUT2D eigenvalue weighted by atomic mass is 35.5. The van der Waals surface area contributed by atoms with Crippen LogP contribution >= 0.6 is 22.9 Å². The molecular weight excluding hydrogens is 495 g/mol. The molecule has 2 fully saturated rings. The van der Waals surface area contributed by atoms with E-state index in [1.165, 1.54) is 12.1 Å². The molecule has 0 saturated carbocycles. The van der Waals surface area contributed by atoms with Crippen LogP contribution in [0.5, 0.6) is 0 Å². The van der Waals surface area contributed by atoms with E-state index in [9.17, 15) is 9.18 Å². The van der Waals surface area contributed by atoms with Gasteiger partial charge in [0, 0.05) is 36.8 Å². The molecule has 0 unspecified atom stereocenters. The van der Waals surface area contributed by atoms with Gasteiger partial charge in [-0.2, -0.15) is 11.3 Å². The monoisotopic (exact) mass is 528 g/mol. The number of benzene rings is 2. The maximum atomic E-state index is 13.0. The summed E-state index contributed by atoms with van der Waals surface area (Å²) in [6.45, 7) is 6.21. The van der Waals surface area contributed by atoms with Crippen molar-refractivity contribution < 1.29 is 13.9 Å². The lowest BCUT2D eigenvalue weighted by Gasteiger charge is -2.33. The van der Waals surface area contributed by atoms with E-state index in [0.717, 1.165) is 64.2 Å². The minimum atomic E-state index is -0.212. The fourth-order valence-corrected chi connectivity index (χ4v) is 5.37. The van der Waals surface area contributed by atoms with Gasteiger partial charge in [0.25, 0.3) is 5.91 Å². The molecule has 2 saturated heterocycles. The molecule has 0 spiro atoms. The van der Waals surface area contributed by atoms with Crippen molar-refractivity contribution in [1.29, 1.82) is 0 Å². The second-order valence-electron chi connectivity index (χ2n) is 9.59. The second-order valence-corrected chi connectivity index (χ2v) is 10.8. The normalized spacial score (nSPS) is 18.6. The molecule has 192 valence electrons. The number of carbonyl (C=O) groups excluding carboxylic acids is 1. The van der Waals surface area contributed by atoms with Crippen LogP contribution in [0, 0.1) is 17.7 Å². The van der Waals surface area contributed by atoms with Crippen LogP contribution in [0.4, 0.5) is 4.39 Å². The number of amides is 1. The molecule has 0 aliphatic carbocycles. The predicted molar refractivity (Wildman–Crippen MR) is 145 cm³/mol. The number of likely N-dealkylation sites (tertiary alicyclic amines) is 2. The molecule has 3 aromatic rings. The molecule has 4 nitrogen and oxygen atoms in total. The average Bonchev–Trinajstić information content (AvgIpc) is 3.62. The first-order valence-electron chi connectivity index (χ1n) is 12.6. The molecule has 0 bridgehead atoms. The lowest BCUT2D eigenvalue weighted by Crippen LogP contribution is -2.39. The van der Waals surface area contributed by atoms with E-state index in [2.05, 4.69) is 4.90 Å². The highest BCUT2D eigenvalue weighted by Crippen LogP contribution is 2.24. The van der Waals surface area contributed by atoms with Gasteiger partial charge in [-0.3, -0.25) is 4.79 Å². The summed E-state index contributed by atoms with van der Waals surface area (Å²) in [4.78, 5) is 17.2. The predicted octanol–water partition coefficient (Wildman–Crippen LogP) is 6.62. The summed E-state index contributed by atoms with van der Waals surface area (Å²) >= 11 is 7.64. The number of ether oxygens (including phenoxy) is 1. The van der Waals surface area contributed by atoms with Gasteiger partial charge in [0.2, 0.25) is 0 Å². The van der Waals surface area contributed by atoms with Gasteiger partial charge in [-0.25, -0.2) is 4.39 Å². The van der Waals surface area contributed by atoms with E-state index in [1.807, 2.05) is 27.8 Å². The van der Waals surface area contributed by atoms with Gasteiger partial charge in [-0.1, -0.05) is 35.9 Å². The zero-order valence-corrected chi connectivity index (χ0v) is 22.1. The summed E-state index contributed by atoms with van der Waals surface area (Å²) in [5.74, 6) is 1.03. The Kier molecular flexibility index (Phi) is 10.3. The summed E-state index contributed by atoms with van der Waals surface area (Å²) in [5.41, 5.74) is 1.73. The van der Waals surface area contributed by atoms with Crippen LogP contribution in [0.1, 0.15) is 35.2 Å². The van der Waals surface area contributed by atoms with Gasteiger partial charge in [-0.05, 0) is 96.9 Å². The number of piperidine rings is 1. The molecule has 0 radical (unpaired) electrons. The molecule has 2 aliphatic rings. The summed E-state index contributed by atoms with van der Waals surface area (Å²) in [6, 6.07) is 17.7. The van der Waals surface area contributed by atoms with E-state index < -0.39 is 0 Å². The summed E-state index contributed by atoms with van der Waals surface area (Å²) in [5, 5.41) is 4.74. The van der Waals surface area contributed by atoms with Gasteiger partial charge < -0.3 is 14.5 Å². The van der Waals surface area contributed by atoms with Crippen molar-refractivity contribution in [3.8, 4) is 0 Å². The van der Waals surface area contributed by atoms with Crippen molar-refractivity contribution in [3.63, 3.8) is 0 Å². The molecule has 7 heteroatoms. The van der Waals surface area contributed by atoms with Gasteiger partial charge in [-0.15, -0.1) is 0 Å². The van der Waals surface area contributed by atoms with E-state index >= 15 is 0 Å². The first-order chi connectivity index (χ1) is 17.6. The van der Waals surface area contributed by atoms with Gasteiger partial charge >= 0.3 is 0 Å². The largest absolute Gasteiger partial charge is 0.376 e. The fraction of sp³-hybridized carbons (Fsp3) is 0.414. The first kappa shape index (κ1) is 26.8. The molecule has 2 aromatic carbocycles. The second kappa shape index (κ2) is 13.9. The summed E-state index contributed by atoms with van der Waals surface area (Å²) < 4.78 is 18.8. The Bertz CT molecular complexity index is 1020. The maximum Gasteiger partial charge on any atom is 0.253 e. The zero-order valence-electron chi connectivity index (χ0n) is 20.5. The summed E-state index contributed by atoms with van der Waals surface area (Å²) in [7, 11) is 0. The van der Waals surface area contributed by atoms with Crippen molar-refractivity contribution in [2.75, 3.05) is 39.3 Å². The third-order valence-electron chi connectivity index (χ3n) is 6.85. The smallest absolute Gasteiger partial charge is 0.253 e. The van der Waals surface area contributed by atoms with Gasteiger partial charge in [0.1, 0.15) is 5.82 Å². The molecule has 1 aromatic heterocycles.